The van der Waals surface area contributed by atoms with Gasteiger partial charge in [0.25, 0.3) is 0 Å². The molecule has 0 aromatic carbocycles. The lowest BCUT2D eigenvalue weighted by Gasteiger charge is -2.17. The Morgan fingerprint density at radius 1 is 1.07 bits per heavy atom. The van der Waals surface area contributed by atoms with E-state index in [1.54, 1.807) is 0 Å². The number of sulfonamides is 1. The predicted octanol–water partition coefficient (Wildman–Crippen LogP) is 2.78. The molecular formula is C11H27NO2S. The highest BCUT2D eigenvalue weighted by atomic mass is 32.2. The first kappa shape index (κ1) is 17.3. The van der Waals surface area contributed by atoms with Crippen LogP contribution in [0.5, 0.6) is 0 Å². The fourth-order valence-corrected chi connectivity index (χ4v) is 1.55. The number of unbranched alkanes of at least 4 members (excludes halogenated alkanes) is 1. The second kappa shape index (κ2) is 8.11. The van der Waals surface area contributed by atoms with E-state index in [2.05, 4.69) is 25.5 Å². The Bertz CT molecular complexity index is 227. The largest absolute Gasteiger partial charge is 0.215 e. The van der Waals surface area contributed by atoms with E-state index in [1.807, 2.05) is 13.8 Å². The van der Waals surface area contributed by atoms with E-state index in [-0.39, 0.29) is 0 Å². The second-order valence-corrected chi connectivity index (χ2v) is 6.52. The predicted molar refractivity (Wildman–Crippen MR) is 67.5 cm³/mol. The van der Waals surface area contributed by atoms with Gasteiger partial charge >= 0.3 is 0 Å². The van der Waals surface area contributed by atoms with E-state index in [1.165, 1.54) is 6.26 Å². The Balaban J connectivity index is 0. The van der Waals surface area contributed by atoms with E-state index in [0.29, 0.717) is 12.0 Å². The van der Waals surface area contributed by atoms with E-state index in [0.717, 1.165) is 19.3 Å². The molecule has 3 nitrogen and oxygen atoms in total. The van der Waals surface area contributed by atoms with Gasteiger partial charge in [0.2, 0.25) is 10.0 Å². The second-order valence-electron chi connectivity index (χ2n) is 4.68. The summed E-state index contributed by atoms with van der Waals surface area (Å²) >= 11 is 0. The minimum Gasteiger partial charge on any atom is -0.215 e. The zero-order valence-electron chi connectivity index (χ0n) is 11.1. The summed E-state index contributed by atoms with van der Waals surface area (Å²) in [5.74, 6) is 0. The maximum atomic E-state index is 10.7. The molecule has 4 heteroatoms. The molecule has 0 unspecified atom stereocenters. The van der Waals surface area contributed by atoms with Gasteiger partial charge < -0.3 is 0 Å². The lowest BCUT2D eigenvalue weighted by Crippen LogP contribution is -2.23. The van der Waals surface area contributed by atoms with Crippen molar-refractivity contribution in [3.8, 4) is 0 Å². The zero-order valence-corrected chi connectivity index (χ0v) is 11.9. The molecule has 0 aliphatic carbocycles. The highest BCUT2D eigenvalue weighted by molar-refractivity contribution is 7.88. The van der Waals surface area contributed by atoms with Gasteiger partial charge in [-0.3, -0.25) is 0 Å². The maximum absolute atomic E-state index is 10.7. The monoisotopic (exact) mass is 237 g/mol. The van der Waals surface area contributed by atoms with Crippen molar-refractivity contribution in [1.82, 2.24) is 4.72 Å². The molecule has 0 rings (SSSR count). The van der Waals surface area contributed by atoms with Gasteiger partial charge in [0.15, 0.2) is 0 Å². The van der Waals surface area contributed by atoms with Crippen molar-refractivity contribution in [2.75, 3.05) is 12.8 Å². The molecule has 0 aromatic rings. The van der Waals surface area contributed by atoms with Crippen LogP contribution >= 0.6 is 0 Å². The van der Waals surface area contributed by atoms with Crippen molar-refractivity contribution < 1.29 is 8.42 Å². The molecule has 0 saturated heterocycles. The molecule has 0 radical (unpaired) electrons. The maximum Gasteiger partial charge on any atom is 0.208 e. The van der Waals surface area contributed by atoms with Crippen LogP contribution in [0.25, 0.3) is 0 Å². The highest BCUT2D eigenvalue weighted by Gasteiger charge is 2.09. The summed E-state index contributed by atoms with van der Waals surface area (Å²) in [6, 6.07) is 0. The molecule has 94 valence electrons. The van der Waals surface area contributed by atoms with Gasteiger partial charge in [-0.25, -0.2) is 13.1 Å². The van der Waals surface area contributed by atoms with Crippen LogP contribution in [0.1, 0.15) is 53.9 Å². The molecule has 0 heterocycles. The van der Waals surface area contributed by atoms with Gasteiger partial charge in [0.05, 0.1) is 6.26 Å². The SMILES string of the molecule is CC.CC(C)(C)CCCCNS(C)(=O)=O. The Hall–Kier alpha value is -0.0900. The third kappa shape index (κ3) is 20.1. The van der Waals surface area contributed by atoms with Crippen LogP contribution in [0.2, 0.25) is 0 Å². The Morgan fingerprint density at radius 3 is 1.87 bits per heavy atom. The van der Waals surface area contributed by atoms with E-state index in [4.69, 9.17) is 0 Å². The molecule has 0 atom stereocenters. The zero-order chi connectivity index (χ0) is 12.5. The first-order valence-corrected chi connectivity index (χ1v) is 7.54. The molecule has 0 bridgehead atoms. The molecule has 0 aromatic heterocycles. The lowest BCUT2D eigenvalue weighted by molar-refractivity contribution is 0.360. The fourth-order valence-electron chi connectivity index (χ4n) is 1.04. The third-order valence-corrected chi connectivity index (χ3v) is 2.45. The van der Waals surface area contributed by atoms with Crippen molar-refractivity contribution in [2.45, 2.75) is 53.9 Å². The first-order valence-electron chi connectivity index (χ1n) is 5.65. The number of nitrogens with one attached hydrogen (secondary N) is 1. The highest BCUT2D eigenvalue weighted by Crippen LogP contribution is 2.21. The number of hydrogen-bond acceptors (Lipinski definition) is 2. The lowest BCUT2D eigenvalue weighted by atomic mass is 9.90. The molecule has 0 fully saturated rings. The van der Waals surface area contributed by atoms with E-state index < -0.39 is 10.0 Å². The Kier molecular flexibility index (Phi) is 9.36. The van der Waals surface area contributed by atoms with Gasteiger partial charge in [-0.2, -0.15) is 0 Å². The van der Waals surface area contributed by atoms with E-state index in [9.17, 15) is 8.42 Å². The molecule has 0 aliphatic rings. The summed E-state index contributed by atoms with van der Waals surface area (Å²) < 4.78 is 23.8. The van der Waals surface area contributed by atoms with Crippen molar-refractivity contribution in [1.29, 1.82) is 0 Å². The van der Waals surface area contributed by atoms with E-state index >= 15 is 0 Å². The van der Waals surface area contributed by atoms with Crippen LogP contribution in [0, 0.1) is 5.41 Å². The van der Waals surface area contributed by atoms with Crippen LogP contribution in [0.4, 0.5) is 0 Å². The fraction of sp³-hybridized carbons (Fsp3) is 1.00. The molecule has 0 spiro atoms. The Labute approximate surface area is 95.7 Å². The summed E-state index contributed by atoms with van der Waals surface area (Å²) in [5, 5.41) is 0. The molecular weight excluding hydrogens is 210 g/mol. The standard InChI is InChI=1S/C9H21NO2S.C2H6/c1-9(2,3)7-5-6-8-10-13(4,11)12;1-2/h10H,5-8H2,1-4H3;1-2H3. The first-order chi connectivity index (χ1) is 6.71. The van der Waals surface area contributed by atoms with Gasteiger partial charge in [-0.1, -0.05) is 41.0 Å². The minimum absolute atomic E-state index is 0.352. The average Bonchev–Trinajstić information content (AvgIpc) is 2.03. The van der Waals surface area contributed by atoms with Gasteiger partial charge in [-0.05, 0) is 18.3 Å². The van der Waals surface area contributed by atoms with Crippen LogP contribution in [0.15, 0.2) is 0 Å². The summed E-state index contributed by atoms with van der Waals surface area (Å²) in [7, 11) is -2.99. The number of rotatable bonds is 5. The van der Waals surface area contributed by atoms with Gasteiger partial charge in [0, 0.05) is 6.54 Å². The molecule has 0 saturated carbocycles. The molecule has 1 N–H and O–H groups in total. The average molecular weight is 237 g/mol. The molecule has 0 aliphatic heterocycles. The summed E-state index contributed by atoms with van der Waals surface area (Å²) in [6.07, 6.45) is 4.32. The normalized spacial score (nSPS) is 11.9. The molecule has 15 heavy (non-hydrogen) atoms. The third-order valence-electron chi connectivity index (χ3n) is 1.72. The Morgan fingerprint density at radius 2 is 1.53 bits per heavy atom. The van der Waals surface area contributed by atoms with Crippen LogP contribution in [-0.2, 0) is 10.0 Å². The van der Waals surface area contributed by atoms with Crippen molar-refractivity contribution in [2.24, 2.45) is 5.41 Å². The summed E-state index contributed by atoms with van der Waals surface area (Å²) in [4.78, 5) is 0. The number of hydrogen-bond donors (Lipinski definition) is 1. The topological polar surface area (TPSA) is 46.2 Å². The van der Waals surface area contributed by atoms with Crippen LogP contribution < -0.4 is 4.72 Å². The van der Waals surface area contributed by atoms with Crippen LogP contribution in [0.3, 0.4) is 0 Å². The van der Waals surface area contributed by atoms with Crippen molar-refractivity contribution in [3.63, 3.8) is 0 Å². The van der Waals surface area contributed by atoms with Gasteiger partial charge in [0.1, 0.15) is 0 Å². The van der Waals surface area contributed by atoms with Crippen LogP contribution in [-0.4, -0.2) is 21.2 Å². The quantitative estimate of drug-likeness (QED) is 0.747. The summed E-state index contributed by atoms with van der Waals surface area (Å²) in [5.41, 5.74) is 0.352. The van der Waals surface area contributed by atoms with Crippen molar-refractivity contribution >= 4 is 10.0 Å². The van der Waals surface area contributed by atoms with Gasteiger partial charge in [-0.15, -0.1) is 0 Å². The van der Waals surface area contributed by atoms with Crippen molar-refractivity contribution in [3.05, 3.63) is 0 Å². The minimum atomic E-state index is -2.99. The molecule has 0 amide bonds. The summed E-state index contributed by atoms with van der Waals surface area (Å²) in [6.45, 7) is 11.1. The smallest absolute Gasteiger partial charge is 0.208 e.